The van der Waals surface area contributed by atoms with E-state index in [2.05, 4.69) is 6.92 Å². The van der Waals surface area contributed by atoms with Crippen LogP contribution in [0.4, 0.5) is 0 Å². The van der Waals surface area contributed by atoms with E-state index < -0.39 is 17.4 Å². The third kappa shape index (κ3) is 3.78. The molecule has 2 aromatic carbocycles. The van der Waals surface area contributed by atoms with Gasteiger partial charge in [-0.1, -0.05) is 43.7 Å². The molecule has 0 heterocycles. The largest absolute Gasteiger partial charge is 0.465 e. The van der Waals surface area contributed by atoms with Gasteiger partial charge in [0.25, 0.3) is 0 Å². The first-order valence-electron chi connectivity index (χ1n) is 10.4. The lowest BCUT2D eigenvalue weighted by molar-refractivity contribution is -0.171. The third-order valence-electron chi connectivity index (χ3n) is 5.64. The normalized spacial score (nSPS) is 14.4. The highest BCUT2D eigenvalue weighted by Gasteiger charge is 2.53. The number of hydrogen-bond donors (Lipinski definition) is 0. The second-order valence-corrected chi connectivity index (χ2v) is 7.52. The summed E-state index contributed by atoms with van der Waals surface area (Å²) in [5, 5.41) is 1.49. The maximum atomic E-state index is 13.4. The predicted octanol–water partition coefficient (Wildman–Crippen LogP) is 3.75. The Bertz CT molecular complexity index is 974. The van der Waals surface area contributed by atoms with Gasteiger partial charge in [-0.25, -0.2) is 0 Å². The van der Waals surface area contributed by atoms with Crippen molar-refractivity contribution >= 4 is 22.7 Å². The Labute approximate surface area is 171 Å². The van der Waals surface area contributed by atoms with E-state index in [0.29, 0.717) is 17.4 Å². The molecule has 0 unspecified atom stereocenters. The Morgan fingerprint density at radius 1 is 1.00 bits per heavy atom. The summed E-state index contributed by atoms with van der Waals surface area (Å²) in [5.41, 5.74) is 0.936. The van der Waals surface area contributed by atoms with Crippen LogP contribution in [0.15, 0.2) is 35.1 Å². The molecule has 0 saturated carbocycles. The summed E-state index contributed by atoms with van der Waals surface area (Å²) in [7, 11) is 0. The van der Waals surface area contributed by atoms with Gasteiger partial charge < -0.3 is 9.47 Å². The molecule has 5 heteroatoms. The first-order chi connectivity index (χ1) is 14.0. The van der Waals surface area contributed by atoms with E-state index in [1.165, 1.54) is 0 Å². The molecule has 29 heavy (non-hydrogen) atoms. The van der Waals surface area contributed by atoms with E-state index in [1.54, 1.807) is 13.8 Å². The number of rotatable bonds is 7. The van der Waals surface area contributed by atoms with Crippen LogP contribution < -0.4 is 5.43 Å². The average molecular weight is 396 g/mol. The first-order valence-corrected chi connectivity index (χ1v) is 10.4. The second kappa shape index (κ2) is 8.76. The van der Waals surface area contributed by atoms with Gasteiger partial charge in [-0.05, 0) is 49.6 Å². The zero-order chi connectivity index (χ0) is 21.0. The maximum Gasteiger partial charge on any atom is 0.324 e. The SMILES string of the molecule is CCCCc1c2c(cc3ccccc3c1=O)CC(C(=O)OCC)(C(=O)OCC)C2. The van der Waals surface area contributed by atoms with E-state index >= 15 is 0 Å². The molecule has 0 atom stereocenters. The number of carbonyl (C=O) groups is 2. The van der Waals surface area contributed by atoms with E-state index in [1.807, 2.05) is 30.3 Å². The second-order valence-electron chi connectivity index (χ2n) is 7.52. The highest BCUT2D eigenvalue weighted by Crippen LogP contribution is 2.41. The summed E-state index contributed by atoms with van der Waals surface area (Å²) >= 11 is 0. The van der Waals surface area contributed by atoms with Gasteiger partial charge in [0.15, 0.2) is 10.8 Å². The molecular weight excluding hydrogens is 368 g/mol. The van der Waals surface area contributed by atoms with Crippen LogP contribution in [0.25, 0.3) is 10.8 Å². The molecule has 3 rings (SSSR count). The van der Waals surface area contributed by atoms with Gasteiger partial charge in [0.1, 0.15) is 0 Å². The minimum atomic E-state index is -1.42. The first kappa shape index (κ1) is 21.0. The molecule has 5 nitrogen and oxygen atoms in total. The van der Waals surface area contributed by atoms with Crippen molar-refractivity contribution < 1.29 is 19.1 Å². The molecule has 1 aliphatic rings. The number of unbranched alkanes of at least 4 members (excludes halogenated alkanes) is 1. The smallest absolute Gasteiger partial charge is 0.324 e. The van der Waals surface area contributed by atoms with Gasteiger partial charge >= 0.3 is 11.9 Å². The fourth-order valence-electron chi connectivity index (χ4n) is 4.19. The van der Waals surface area contributed by atoms with Crippen LogP contribution in [0.1, 0.15) is 50.3 Å². The van der Waals surface area contributed by atoms with Crippen molar-refractivity contribution in [1.82, 2.24) is 0 Å². The molecule has 0 N–H and O–H groups in total. The number of fused-ring (bicyclic) bond motifs is 2. The van der Waals surface area contributed by atoms with Crippen LogP contribution in [0.3, 0.4) is 0 Å². The molecule has 0 amide bonds. The topological polar surface area (TPSA) is 69.7 Å². The Morgan fingerprint density at radius 3 is 2.28 bits per heavy atom. The lowest BCUT2D eigenvalue weighted by Crippen LogP contribution is -2.43. The fraction of sp³-hybridized carbons (Fsp3) is 0.458. The minimum Gasteiger partial charge on any atom is -0.465 e. The number of ether oxygens (including phenoxy) is 2. The van der Waals surface area contributed by atoms with Gasteiger partial charge in [-0.15, -0.1) is 0 Å². The quantitative estimate of drug-likeness (QED) is 0.527. The van der Waals surface area contributed by atoms with Crippen molar-refractivity contribution in [3.05, 3.63) is 57.2 Å². The number of carbonyl (C=O) groups excluding carboxylic acids is 2. The van der Waals surface area contributed by atoms with Gasteiger partial charge in [0.05, 0.1) is 13.2 Å². The Kier molecular flexibility index (Phi) is 6.36. The number of esters is 2. The van der Waals surface area contributed by atoms with E-state index in [0.717, 1.165) is 29.4 Å². The van der Waals surface area contributed by atoms with Gasteiger partial charge in [0, 0.05) is 17.4 Å². The summed E-state index contributed by atoms with van der Waals surface area (Å²) in [6, 6.07) is 9.43. The molecule has 0 fully saturated rings. The van der Waals surface area contributed by atoms with Crippen LogP contribution in [0.5, 0.6) is 0 Å². The van der Waals surface area contributed by atoms with Crippen molar-refractivity contribution in [2.45, 2.75) is 52.9 Å². The van der Waals surface area contributed by atoms with Crippen molar-refractivity contribution in [2.75, 3.05) is 13.2 Å². The van der Waals surface area contributed by atoms with E-state index in [-0.39, 0.29) is 31.5 Å². The summed E-state index contributed by atoms with van der Waals surface area (Å²) in [6.07, 6.45) is 2.78. The number of hydrogen-bond acceptors (Lipinski definition) is 5. The van der Waals surface area contributed by atoms with Crippen LogP contribution >= 0.6 is 0 Å². The summed E-state index contributed by atoms with van der Waals surface area (Å²) in [6.45, 7) is 5.88. The van der Waals surface area contributed by atoms with Crippen LogP contribution in [-0.2, 0) is 38.3 Å². The van der Waals surface area contributed by atoms with Crippen molar-refractivity contribution in [3.63, 3.8) is 0 Å². The monoisotopic (exact) mass is 396 g/mol. The zero-order valence-electron chi connectivity index (χ0n) is 17.4. The Balaban J connectivity index is 2.24. The fourth-order valence-corrected chi connectivity index (χ4v) is 4.19. The molecule has 1 aliphatic carbocycles. The van der Waals surface area contributed by atoms with Gasteiger partial charge in [0.2, 0.25) is 0 Å². The molecule has 0 radical (unpaired) electrons. The molecule has 0 saturated heterocycles. The standard InChI is InChI=1S/C24H28O5/c1-4-7-11-19-20-15-24(22(26)28-5-2,23(27)29-6-3)14-17(20)13-16-10-8-9-12-18(16)21(19)25/h8-10,12-13H,4-7,11,14-15H2,1-3H3. The third-order valence-corrected chi connectivity index (χ3v) is 5.64. The summed E-state index contributed by atoms with van der Waals surface area (Å²) in [5.74, 6) is -1.15. The van der Waals surface area contributed by atoms with Crippen LogP contribution in [0.2, 0.25) is 0 Å². The number of benzene rings is 1. The highest BCUT2D eigenvalue weighted by molar-refractivity contribution is 6.02. The molecular formula is C24H28O5. The summed E-state index contributed by atoms with van der Waals surface area (Å²) < 4.78 is 10.5. The van der Waals surface area contributed by atoms with Crippen molar-refractivity contribution in [1.29, 1.82) is 0 Å². The maximum absolute atomic E-state index is 13.4. The van der Waals surface area contributed by atoms with Gasteiger partial charge in [-0.2, -0.15) is 0 Å². The molecule has 154 valence electrons. The Hall–Kier alpha value is -2.69. The van der Waals surface area contributed by atoms with Crippen LogP contribution in [0, 0.1) is 5.41 Å². The Morgan fingerprint density at radius 2 is 1.66 bits per heavy atom. The molecule has 0 aromatic heterocycles. The van der Waals surface area contributed by atoms with Crippen molar-refractivity contribution in [2.24, 2.45) is 5.41 Å². The average Bonchev–Trinajstić information content (AvgIpc) is 3.05. The molecule has 0 bridgehead atoms. The highest BCUT2D eigenvalue weighted by atomic mass is 16.6. The van der Waals surface area contributed by atoms with E-state index in [9.17, 15) is 14.4 Å². The molecule has 0 spiro atoms. The van der Waals surface area contributed by atoms with E-state index in [4.69, 9.17) is 9.47 Å². The molecule has 0 aliphatic heterocycles. The lowest BCUT2D eigenvalue weighted by Gasteiger charge is -2.24. The van der Waals surface area contributed by atoms with Gasteiger partial charge in [-0.3, -0.25) is 14.4 Å². The molecule has 2 aromatic rings. The summed E-state index contributed by atoms with van der Waals surface area (Å²) in [4.78, 5) is 39.2. The lowest BCUT2D eigenvalue weighted by atomic mass is 9.84. The predicted molar refractivity (Wildman–Crippen MR) is 112 cm³/mol. The minimum absolute atomic E-state index is 0.0150. The van der Waals surface area contributed by atoms with Crippen molar-refractivity contribution in [3.8, 4) is 0 Å². The zero-order valence-corrected chi connectivity index (χ0v) is 17.4. The van der Waals surface area contributed by atoms with Crippen LogP contribution in [-0.4, -0.2) is 25.2 Å².